The van der Waals surface area contributed by atoms with Gasteiger partial charge < -0.3 is 77.2 Å². The van der Waals surface area contributed by atoms with Crippen molar-refractivity contribution in [3.63, 3.8) is 0 Å². The van der Waals surface area contributed by atoms with Gasteiger partial charge in [-0.05, 0) is 191 Å². The Morgan fingerprint density at radius 2 is 0.842 bits per heavy atom. The second-order valence-electron chi connectivity index (χ2n) is 32.2. The van der Waals surface area contributed by atoms with E-state index in [0.717, 1.165) is 155 Å². The highest BCUT2D eigenvalue weighted by Crippen LogP contribution is 2.37. The van der Waals surface area contributed by atoms with Crippen LogP contribution >= 0.6 is 0 Å². The molecule has 25 heteroatoms. The number of aromatic nitrogens is 4. The van der Waals surface area contributed by atoms with Crippen molar-refractivity contribution in [2.75, 3.05) is 72.0 Å². The lowest BCUT2D eigenvalue weighted by Crippen LogP contribution is -2.47. The largest absolute Gasteiger partial charge is 0.508 e. The smallest absolute Gasteiger partial charge is 0.256 e. The van der Waals surface area contributed by atoms with Gasteiger partial charge in [-0.3, -0.25) is 48.1 Å². The van der Waals surface area contributed by atoms with Gasteiger partial charge in [0.15, 0.2) is 0 Å². The molecule has 4 aromatic heterocycles. The molecular formula is C95H104N14O11. The summed E-state index contributed by atoms with van der Waals surface area (Å²) in [6, 6.07) is 50.9. The number of nitrogens with two attached hydrogens (primary N) is 3. The van der Waals surface area contributed by atoms with Crippen LogP contribution in [0.5, 0.6) is 11.5 Å². The molecule has 25 nitrogen and oxygen atoms in total. The molecule has 3 atom stereocenters. The molecule has 5 amide bonds. The minimum atomic E-state index is -0.648. The van der Waals surface area contributed by atoms with Gasteiger partial charge in [0.25, 0.3) is 22.2 Å². The maximum Gasteiger partial charge on any atom is 0.256 e. The normalized spacial score (nSPS) is 17.1. The van der Waals surface area contributed by atoms with E-state index in [4.69, 9.17) is 17.2 Å². The summed E-state index contributed by atoms with van der Waals surface area (Å²) in [5.74, 6) is 0.633. The molecular weight excluding hydrogens is 1510 g/mol. The number of aromatic amines is 4. The van der Waals surface area contributed by atoms with E-state index in [9.17, 15) is 53.4 Å². The summed E-state index contributed by atoms with van der Waals surface area (Å²) < 4.78 is 0. The van der Waals surface area contributed by atoms with Crippen LogP contribution in [0.1, 0.15) is 112 Å². The van der Waals surface area contributed by atoms with Crippen LogP contribution in [0.3, 0.4) is 0 Å². The molecule has 1 aliphatic carbocycles. The number of carbonyl (C=O) groups excluding carboxylic acids is 5. The number of carbonyl (C=O) groups is 5. The van der Waals surface area contributed by atoms with E-state index in [0.29, 0.717) is 125 Å². The Balaban J connectivity index is 0.000000117. The van der Waals surface area contributed by atoms with Crippen molar-refractivity contribution >= 4 is 78.2 Å². The van der Waals surface area contributed by atoms with Crippen LogP contribution in [-0.2, 0) is 95.1 Å². The summed E-state index contributed by atoms with van der Waals surface area (Å²) in [7, 11) is 0. The zero-order chi connectivity index (χ0) is 83.5. The first-order valence-electron chi connectivity index (χ1n) is 41.9. The third-order valence-electron chi connectivity index (χ3n) is 24.5. The maximum atomic E-state index is 12.9. The second-order valence-corrected chi connectivity index (χ2v) is 32.2. The third-order valence-corrected chi connectivity index (χ3v) is 24.5. The van der Waals surface area contributed by atoms with E-state index in [1.165, 1.54) is 23.1 Å². The summed E-state index contributed by atoms with van der Waals surface area (Å²) in [4.78, 5) is 135. The van der Waals surface area contributed by atoms with Gasteiger partial charge in [0.05, 0.1) is 24.7 Å². The number of H-pyrrole nitrogens is 4. The number of phenols is 2. The SMILES string of the molecule is NCC(=O)N1CCc2[nH]c(=O)c3ccccc3c2C1.N[C@H](Cc1ccc(O)cc1)C(=O)N1CCc2[nH]c(=O)c3ccccc3c2C1.N[C@H](Cc1ccc(O)cc1)C(=O)N1CCc2[nH]c(=O)c3ccccc3c2C1.O=C(CCCN1CC=CCC1)N1CCC2=C(C1)c1ccccc1CC2.O=C([C@H]1CCCN1)N1CCc2[nH]c(=O)c3ccccc3c2C1. The third kappa shape index (κ3) is 18.9. The predicted octanol–water partition coefficient (Wildman–Crippen LogP) is 8.57. The molecule has 620 valence electrons. The number of aromatic hydroxyl groups is 2. The van der Waals surface area contributed by atoms with Crippen LogP contribution in [-0.4, -0.2) is 179 Å². The van der Waals surface area contributed by atoms with Gasteiger partial charge >= 0.3 is 0 Å². The predicted molar refractivity (Wildman–Crippen MR) is 467 cm³/mol. The number of nitrogens with zero attached hydrogens (tertiary/aromatic N) is 6. The van der Waals surface area contributed by atoms with E-state index in [2.05, 4.69) is 71.5 Å². The molecule has 1 fully saturated rings. The zero-order valence-corrected chi connectivity index (χ0v) is 67.5. The Morgan fingerprint density at radius 1 is 0.433 bits per heavy atom. The second kappa shape index (κ2) is 37.7. The lowest BCUT2D eigenvalue weighted by molar-refractivity contribution is -0.134. The average molecular weight is 1620 g/mol. The Morgan fingerprint density at radius 3 is 1.28 bits per heavy atom. The Hall–Kier alpha value is -12.4. The summed E-state index contributed by atoms with van der Waals surface area (Å²) >= 11 is 0. The lowest BCUT2D eigenvalue weighted by atomic mass is 9.82. The van der Waals surface area contributed by atoms with E-state index < -0.39 is 12.1 Å². The molecule has 0 saturated carbocycles. The quantitative estimate of drug-likeness (QED) is 0.0512. The van der Waals surface area contributed by atoms with Gasteiger partial charge in [-0.2, -0.15) is 0 Å². The molecule has 19 rings (SSSR count). The van der Waals surface area contributed by atoms with Crippen LogP contribution in [0, 0.1) is 0 Å². The van der Waals surface area contributed by atoms with E-state index in [-0.39, 0.29) is 70.0 Å². The molecule has 0 radical (unpaired) electrons. The number of aryl methyl sites for hydroxylation is 1. The van der Waals surface area contributed by atoms with Gasteiger partial charge in [0.2, 0.25) is 29.5 Å². The fourth-order valence-electron chi connectivity index (χ4n) is 18.0. The Labute approximate surface area is 694 Å². The van der Waals surface area contributed by atoms with E-state index in [1.807, 2.05) is 83.8 Å². The number of fused-ring (bicyclic) bond motifs is 14. The molecule has 8 aliphatic rings. The van der Waals surface area contributed by atoms with Gasteiger partial charge in [-0.15, -0.1) is 0 Å². The fraction of sp³-hybridized carbons (Fsp3) is 0.337. The molecule has 11 aromatic rings. The molecule has 0 bridgehead atoms. The molecule has 13 N–H and O–H groups in total. The number of phenolic OH excluding ortho intramolecular Hbond substituents is 2. The fourth-order valence-corrected chi connectivity index (χ4v) is 18.0. The highest BCUT2D eigenvalue weighted by Gasteiger charge is 2.34. The summed E-state index contributed by atoms with van der Waals surface area (Å²) in [6.07, 6.45) is 16.1. The number of benzene rings is 7. The molecule has 1 saturated heterocycles. The number of amides is 5. The molecule has 7 aromatic carbocycles. The van der Waals surface area contributed by atoms with Crippen molar-refractivity contribution < 1.29 is 34.2 Å². The minimum Gasteiger partial charge on any atom is -0.508 e. The maximum absolute atomic E-state index is 12.9. The van der Waals surface area contributed by atoms with Crippen molar-refractivity contribution in [1.29, 1.82) is 0 Å². The van der Waals surface area contributed by atoms with Crippen LogP contribution in [0.4, 0.5) is 0 Å². The van der Waals surface area contributed by atoms with Crippen molar-refractivity contribution in [2.24, 2.45) is 17.2 Å². The Kier molecular flexibility index (Phi) is 26.0. The lowest BCUT2D eigenvalue weighted by Gasteiger charge is -2.34. The summed E-state index contributed by atoms with van der Waals surface area (Å²) in [6.45, 7) is 10.2. The average Bonchev–Trinajstić information content (AvgIpc) is 1.11. The zero-order valence-electron chi connectivity index (χ0n) is 67.5. The number of hydrogen-bond donors (Lipinski definition) is 10. The van der Waals surface area contributed by atoms with Gasteiger partial charge in [0.1, 0.15) is 11.5 Å². The number of rotatable bonds is 12. The van der Waals surface area contributed by atoms with Crippen LogP contribution in [0.25, 0.3) is 48.7 Å². The van der Waals surface area contributed by atoms with E-state index in [1.54, 1.807) is 87.0 Å². The number of pyridine rings is 4. The van der Waals surface area contributed by atoms with Gasteiger partial charge in [0, 0.05) is 155 Å². The van der Waals surface area contributed by atoms with Crippen LogP contribution in [0.15, 0.2) is 207 Å². The first kappa shape index (κ1) is 82.7. The molecule has 7 aliphatic heterocycles. The van der Waals surface area contributed by atoms with Crippen molar-refractivity contribution in [3.05, 3.63) is 296 Å². The van der Waals surface area contributed by atoms with Crippen molar-refractivity contribution in [1.82, 2.24) is 54.7 Å². The van der Waals surface area contributed by atoms with E-state index >= 15 is 0 Å². The van der Waals surface area contributed by atoms with Gasteiger partial charge in [-0.1, -0.05) is 139 Å². The number of nitrogens with one attached hydrogen (secondary N) is 5. The molecule has 11 heterocycles. The highest BCUT2D eigenvalue weighted by atomic mass is 16.3. The topological polar surface area (TPSA) is 367 Å². The molecule has 0 unspecified atom stereocenters. The molecule has 120 heavy (non-hydrogen) atoms. The summed E-state index contributed by atoms with van der Waals surface area (Å²) in [5.41, 5.74) is 32.9. The van der Waals surface area contributed by atoms with Crippen molar-refractivity contribution in [3.8, 4) is 11.5 Å². The summed E-state index contributed by atoms with van der Waals surface area (Å²) in [5, 5.41) is 28.3. The first-order chi connectivity index (χ1) is 58.3. The number of hydrogen-bond acceptors (Lipinski definition) is 16. The highest BCUT2D eigenvalue weighted by molar-refractivity contribution is 5.92. The minimum absolute atomic E-state index is 0.0244. The first-order valence-corrected chi connectivity index (χ1v) is 41.9. The van der Waals surface area contributed by atoms with Crippen LogP contribution < -0.4 is 44.8 Å². The van der Waals surface area contributed by atoms with Gasteiger partial charge in [-0.25, -0.2) is 0 Å². The Bertz CT molecular complexity index is 5810. The standard InChI is InChI=1S/C22H28N2O.2C21H21N3O3.C17H19N3O2.C14H15N3O2/c25-22(9-6-15-23-13-4-1-5-14-23)24-16-12-19-11-10-18-7-2-3-8-20(18)21(19)17-24;2*22-18(11-13-5-7-14(25)8-6-13)21(27)24-10-9-19-17(12-24)15-3-1-2-4-16(15)20(26)23-19;21-16-12-5-2-1-4-11(12)13-10-20(9-7-14(13)19-16)17(22)15-6-3-8-18-15;15-7-13(18)17-6-5-12-11(8-17)9-3-1-2-4-10(9)14(19)16-12/h1-4,7-8H,5-6,9-17H2;2*1-8,18,25H,9-12,22H2,(H,23,26);1-2,4-5,15,18H,3,6-10H2,(H,19,21);1-4H,5-8,15H2,(H,16,19)/t;2*18-;15-;/m.111./s1. The monoisotopic (exact) mass is 1620 g/mol. The van der Waals surface area contributed by atoms with Crippen molar-refractivity contribution in [2.45, 2.75) is 134 Å². The van der Waals surface area contributed by atoms with Crippen LogP contribution in [0.2, 0.25) is 0 Å². The molecule has 0 spiro atoms.